The second-order valence-corrected chi connectivity index (χ2v) is 3.84. The third-order valence-corrected chi connectivity index (χ3v) is 2.86. The van der Waals surface area contributed by atoms with Crippen LogP contribution in [0, 0.1) is 0 Å². The van der Waals surface area contributed by atoms with Crippen LogP contribution >= 0.6 is 11.3 Å². The normalized spacial score (nSPS) is 12.6. The lowest BCUT2D eigenvalue weighted by Crippen LogP contribution is -2.10. The van der Waals surface area contributed by atoms with Crippen molar-refractivity contribution in [1.29, 1.82) is 0 Å². The van der Waals surface area contributed by atoms with E-state index < -0.39 is 0 Å². The minimum Gasteiger partial charge on any atom is -0.347 e. The lowest BCUT2D eigenvalue weighted by Gasteiger charge is -2.12. The maximum absolute atomic E-state index is 4.28. The van der Waals surface area contributed by atoms with Gasteiger partial charge in [-0.2, -0.15) is 0 Å². The maximum atomic E-state index is 4.28. The summed E-state index contributed by atoms with van der Waals surface area (Å²) in [5.41, 5.74) is 0. The SMILES string of the molecule is CCC(Nc1ncc[nH]1)c1nccs1. The minimum atomic E-state index is 0.251. The van der Waals surface area contributed by atoms with Crippen LogP contribution in [0.2, 0.25) is 0 Å². The molecule has 74 valence electrons. The van der Waals surface area contributed by atoms with Gasteiger partial charge in [0.15, 0.2) is 0 Å². The molecule has 0 amide bonds. The van der Waals surface area contributed by atoms with Gasteiger partial charge in [0.2, 0.25) is 5.95 Å². The number of rotatable bonds is 4. The predicted molar refractivity (Wildman–Crippen MR) is 57.4 cm³/mol. The molecule has 1 atom stereocenters. The minimum absolute atomic E-state index is 0.251. The topological polar surface area (TPSA) is 53.6 Å². The molecule has 5 heteroatoms. The zero-order chi connectivity index (χ0) is 9.80. The number of nitrogens with zero attached hydrogens (tertiary/aromatic N) is 2. The van der Waals surface area contributed by atoms with Crippen LogP contribution in [0.3, 0.4) is 0 Å². The number of hydrogen-bond donors (Lipinski definition) is 2. The van der Waals surface area contributed by atoms with Gasteiger partial charge in [0.25, 0.3) is 0 Å². The second-order valence-electron chi connectivity index (χ2n) is 2.91. The van der Waals surface area contributed by atoms with Crippen molar-refractivity contribution < 1.29 is 0 Å². The van der Waals surface area contributed by atoms with E-state index in [2.05, 4.69) is 27.2 Å². The number of thiazole rings is 1. The molecule has 0 aliphatic carbocycles. The molecule has 2 aromatic heterocycles. The second kappa shape index (κ2) is 4.23. The van der Waals surface area contributed by atoms with Crippen LogP contribution in [-0.4, -0.2) is 15.0 Å². The molecular weight excluding hydrogens is 196 g/mol. The number of H-pyrrole nitrogens is 1. The van der Waals surface area contributed by atoms with Crippen molar-refractivity contribution in [3.63, 3.8) is 0 Å². The van der Waals surface area contributed by atoms with Crippen LogP contribution in [0.4, 0.5) is 5.95 Å². The first-order chi connectivity index (χ1) is 6.90. The molecule has 0 saturated carbocycles. The molecule has 2 N–H and O–H groups in total. The molecule has 0 bridgehead atoms. The van der Waals surface area contributed by atoms with Crippen molar-refractivity contribution in [3.05, 3.63) is 29.0 Å². The van der Waals surface area contributed by atoms with Gasteiger partial charge in [-0.25, -0.2) is 9.97 Å². The molecule has 2 rings (SSSR count). The Balaban J connectivity index is 2.08. The van der Waals surface area contributed by atoms with E-state index in [1.54, 1.807) is 23.7 Å². The van der Waals surface area contributed by atoms with Crippen LogP contribution in [0.25, 0.3) is 0 Å². The maximum Gasteiger partial charge on any atom is 0.200 e. The number of nitrogens with one attached hydrogen (secondary N) is 2. The Labute approximate surface area is 86.4 Å². The first-order valence-corrected chi connectivity index (χ1v) is 5.43. The molecule has 0 radical (unpaired) electrons. The third kappa shape index (κ3) is 1.93. The summed E-state index contributed by atoms with van der Waals surface area (Å²) in [6.45, 7) is 2.13. The first-order valence-electron chi connectivity index (χ1n) is 4.55. The predicted octanol–water partition coefficient (Wildman–Crippen LogP) is 2.43. The van der Waals surface area contributed by atoms with Crippen LogP contribution in [0.5, 0.6) is 0 Å². The monoisotopic (exact) mass is 208 g/mol. The number of anilines is 1. The van der Waals surface area contributed by atoms with E-state index in [1.165, 1.54) is 0 Å². The molecule has 0 saturated heterocycles. The van der Waals surface area contributed by atoms with Gasteiger partial charge in [-0.15, -0.1) is 11.3 Å². The summed E-state index contributed by atoms with van der Waals surface area (Å²) in [6, 6.07) is 0.251. The van der Waals surface area contributed by atoms with E-state index in [0.717, 1.165) is 17.4 Å². The molecule has 14 heavy (non-hydrogen) atoms. The van der Waals surface area contributed by atoms with Gasteiger partial charge < -0.3 is 10.3 Å². The van der Waals surface area contributed by atoms with E-state index in [0.29, 0.717) is 0 Å². The summed E-state index contributed by atoms with van der Waals surface area (Å²) in [6.07, 6.45) is 6.36. The Morgan fingerprint density at radius 1 is 1.50 bits per heavy atom. The van der Waals surface area contributed by atoms with Crippen molar-refractivity contribution in [2.24, 2.45) is 0 Å². The van der Waals surface area contributed by atoms with Gasteiger partial charge in [0.05, 0.1) is 6.04 Å². The molecule has 0 aliphatic heterocycles. The van der Waals surface area contributed by atoms with Gasteiger partial charge in [-0.05, 0) is 6.42 Å². The highest BCUT2D eigenvalue weighted by molar-refractivity contribution is 7.09. The van der Waals surface area contributed by atoms with Crippen LogP contribution in [-0.2, 0) is 0 Å². The van der Waals surface area contributed by atoms with Crippen molar-refractivity contribution in [2.45, 2.75) is 19.4 Å². The first kappa shape index (κ1) is 9.21. The summed E-state index contributed by atoms with van der Waals surface area (Å²) in [5, 5.41) is 6.38. The van der Waals surface area contributed by atoms with E-state index in [4.69, 9.17) is 0 Å². The molecule has 0 spiro atoms. The highest BCUT2D eigenvalue weighted by Gasteiger charge is 2.11. The Hall–Kier alpha value is -1.36. The molecule has 4 nitrogen and oxygen atoms in total. The fourth-order valence-electron chi connectivity index (χ4n) is 1.25. The summed E-state index contributed by atoms with van der Waals surface area (Å²) >= 11 is 1.66. The summed E-state index contributed by atoms with van der Waals surface area (Å²) < 4.78 is 0. The summed E-state index contributed by atoms with van der Waals surface area (Å²) in [7, 11) is 0. The van der Waals surface area contributed by atoms with E-state index in [1.807, 2.05) is 11.6 Å². The average molecular weight is 208 g/mol. The van der Waals surface area contributed by atoms with Gasteiger partial charge in [0.1, 0.15) is 5.01 Å². The fourth-order valence-corrected chi connectivity index (χ4v) is 2.03. The molecule has 2 heterocycles. The number of imidazole rings is 1. The zero-order valence-corrected chi connectivity index (χ0v) is 8.71. The van der Waals surface area contributed by atoms with Crippen LogP contribution < -0.4 is 5.32 Å². The molecule has 0 aromatic carbocycles. The van der Waals surface area contributed by atoms with Gasteiger partial charge in [-0.1, -0.05) is 6.92 Å². The quantitative estimate of drug-likeness (QED) is 0.811. The van der Waals surface area contributed by atoms with Crippen molar-refractivity contribution in [2.75, 3.05) is 5.32 Å². The van der Waals surface area contributed by atoms with Crippen molar-refractivity contribution in [3.8, 4) is 0 Å². The Bertz CT molecular complexity index is 354. The Morgan fingerprint density at radius 3 is 3.00 bits per heavy atom. The van der Waals surface area contributed by atoms with Gasteiger partial charge in [-0.3, -0.25) is 0 Å². The average Bonchev–Trinajstić information content (AvgIpc) is 2.86. The standard InChI is InChI=1S/C9H12N4S/c1-2-7(8-10-5-6-14-8)13-9-11-3-4-12-9/h3-7H,2H2,1H3,(H2,11,12,13). The molecule has 0 fully saturated rings. The van der Waals surface area contributed by atoms with Crippen LogP contribution in [0.15, 0.2) is 24.0 Å². The molecular formula is C9H12N4S. The third-order valence-electron chi connectivity index (χ3n) is 1.97. The highest BCUT2D eigenvalue weighted by atomic mass is 32.1. The zero-order valence-electron chi connectivity index (χ0n) is 7.90. The fraction of sp³-hybridized carbons (Fsp3) is 0.333. The summed E-state index contributed by atoms with van der Waals surface area (Å²) in [4.78, 5) is 11.4. The Morgan fingerprint density at radius 2 is 2.43 bits per heavy atom. The van der Waals surface area contributed by atoms with E-state index in [-0.39, 0.29) is 6.04 Å². The van der Waals surface area contributed by atoms with Crippen LogP contribution in [0.1, 0.15) is 24.4 Å². The number of hydrogen-bond acceptors (Lipinski definition) is 4. The summed E-state index contributed by atoms with van der Waals surface area (Å²) in [5.74, 6) is 0.798. The van der Waals surface area contributed by atoms with Gasteiger partial charge >= 0.3 is 0 Å². The smallest absolute Gasteiger partial charge is 0.200 e. The van der Waals surface area contributed by atoms with Crippen molar-refractivity contribution in [1.82, 2.24) is 15.0 Å². The van der Waals surface area contributed by atoms with Crippen molar-refractivity contribution >= 4 is 17.3 Å². The lowest BCUT2D eigenvalue weighted by molar-refractivity contribution is 0.734. The van der Waals surface area contributed by atoms with Gasteiger partial charge in [0, 0.05) is 24.0 Å². The lowest BCUT2D eigenvalue weighted by atomic mass is 10.2. The van der Waals surface area contributed by atoms with E-state index in [9.17, 15) is 0 Å². The van der Waals surface area contributed by atoms with E-state index >= 15 is 0 Å². The highest BCUT2D eigenvalue weighted by Crippen LogP contribution is 2.21. The largest absolute Gasteiger partial charge is 0.347 e. The molecule has 0 aliphatic rings. The number of aromatic nitrogens is 3. The number of aromatic amines is 1. The molecule has 1 unspecified atom stereocenters. The molecule has 2 aromatic rings. The Kier molecular flexibility index (Phi) is 2.78.